The molecule has 39 heavy (non-hydrogen) atoms. The molecule has 0 radical (unpaired) electrons. The van der Waals surface area contributed by atoms with Crippen LogP contribution in [0.1, 0.15) is 21.5 Å². The average Bonchev–Trinajstić information content (AvgIpc) is 2.97. The van der Waals surface area contributed by atoms with Crippen LogP contribution in [0.3, 0.4) is 0 Å². The molecule has 0 aliphatic heterocycles. The molecule has 198 valence electrons. The maximum atomic E-state index is 13.4. The van der Waals surface area contributed by atoms with Crippen molar-refractivity contribution in [2.24, 2.45) is 0 Å². The lowest BCUT2D eigenvalue weighted by Gasteiger charge is -2.15. The van der Waals surface area contributed by atoms with Gasteiger partial charge in [-0.3, -0.25) is 19.4 Å². The summed E-state index contributed by atoms with van der Waals surface area (Å²) in [4.78, 5) is 31.4. The van der Waals surface area contributed by atoms with Crippen LogP contribution in [0, 0.1) is 5.41 Å². The number of hydrogen-bond acceptors (Lipinski definition) is 6. The molecule has 5 rings (SSSR count). The number of benzene rings is 2. The normalized spacial score (nSPS) is 11.0. The van der Waals surface area contributed by atoms with Crippen molar-refractivity contribution in [2.75, 3.05) is 20.8 Å². The average molecular weight is 524 g/mol. The van der Waals surface area contributed by atoms with Crippen LogP contribution in [0.2, 0.25) is 0 Å². The van der Waals surface area contributed by atoms with Crippen molar-refractivity contribution in [2.45, 2.75) is 19.4 Å². The summed E-state index contributed by atoms with van der Waals surface area (Å²) in [7, 11) is 3.16. The fourth-order valence-electron chi connectivity index (χ4n) is 4.62. The van der Waals surface area contributed by atoms with Crippen LogP contribution in [0.5, 0.6) is 11.5 Å². The summed E-state index contributed by atoms with van der Waals surface area (Å²) in [5.74, 6) is 0.824. The largest absolute Gasteiger partial charge is 0.493 e. The molecule has 9 heteroatoms. The van der Waals surface area contributed by atoms with Crippen molar-refractivity contribution in [3.05, 3.63) is 112 Å². The third-order valence-electron chi connectivity index (χ3n) is 6.68. The van der Waals surface area contributed by atoms with Crippen LogP contribution in [-0.2, 0) is 19.4 Å². The van der Waals surface area contributed by atoms with E-state index < -0.39 is 5.91 Å². The number of aryl methyl sites for hydroxylation is 2. The van der Waals surface area contributed by atoms with Gasteiger partial charge >= 0.3 is 0 Å². The van der Waals surface area contributed by atoms with Gasteiger partial charge in [0.05, 0.1) is 25.2 Å². The molecule has 1 amide bonds. The number of pyridine rings is 2. The standard InChI is InChI=1S/C30H29N5O4/c1-38-24-12-11-21(18-25(24)39-2)13-15-32-29(36)22-19-23-28(33-26-10-6-7-16-34(26)30(23)37)35(27(22)31)17-14-20-8-4-3-5-9-20/h3-12,16,18-19,31H,13-15,17H2,1-2H3,(H,32,36). The molecular formula is C30H29N5O4. The number of methoxy groups -OCH3 is 2. The summed E-state index contributed by atoms with van der Waals surface area (Å²) in [6.07, 6.45) is 2.82. The van der Waals surface area contributed by atoms with Crippen LogP contribution in [-0.4, -0.2) is 40.6 Å². The smallest absolute Gasteiger partial charge is 0.267 e. The van der Waals surface area contributed by atoms with Crippen LogP contribution in [0.15, 0.2) is 83.8 Å². The molecular weight excluding hydrogens is 494 g/mol. The van der Waals surface area contributed by atoms with E-state index in [0.29, 0.717) is 48.7 Å². The first kappa shape index (κ1) is 25.7. The lowest BCUT2D eigenvalue weighted by molar-refractivity contribution is 0.0951. The first-order valence-corrected chi connectivity index (χ1v) is 12.6. The summed E-state index contributed by atoms with van der Waals surface area (Å²) in [5, 5.41) is 12.1. The van der Waals surface area contributed by atoms with E-state index in [-0.39, 0.29) is 22.0 Å². The van der Waals surface area contributed by atoms with Gasteiger partial charge in [-0.25, -0.2) is 4.98 Å². The molecule has 0 atom stereocenters. The van der Waals surface area contributed by atoms with Crippen molar-refractivity contribution >= 4 is 22.6 Å². The molecule has 5 aromatic rings. The number of nitrogens with one attached hydrogen (secondary N) is 2. The van der Waals surface area contributed by atoms with Crippen LogP contribution in [0.25, 0.3) is 16.7 Å². The fourth-order valence-corrected chi connectivity index (χ4v) is 4.62. The molecule has 0 aliphatic rings. The SMILES string of the molecule is COc1ccc(CCNC(=O)c2cc3c(=O)n4ccccc4nc3n(CCc3ccccc3)c2=N)cc1OC. The number of hydrogen-bond donors (Lipinski definition) is 2. The first-order chi connectivity index (χ1) is 19.0. The number of amides is 1. The van der Waals surface area contributed by atoms with Gasteiger partial charge in [0, 0.05) is 19.3 Å². The van der Waals surface area contributed by atoms with Gasteiger partial charge < -0.3 is 19.4 Å². The third-order valence-corrected chi connectivity index (χ3v) is 6.68. The zero-order valence-electron chi connectivity index (χ0n) is 21.8. The van der Waals surface area contributed by atoms with E-state index in [4.69, 9.17) is 19.9 Å². The highest BCUT2D eigenvalue weighted by Crippen LogP contribution is 2.27. The molecule has 9 nitrogen and oxygen atoms in total. The molecule has 0 spiro atoms. The van der Waals surface area contributed by atoms with Crippen molar-refractivity contribution in [3.8, 4) is 11.5 Å². The fraction of sp³-hybridized carbons (Fsp3) is 0.200. The number of ether oxygens (including phenoxy) is 2. The number of carbonyl (C=O) groups is 1. The van der Waals surface area contributed by atoms with Gasteiger partial charge in [-0.2, -0.15) is 0 Å². The molecule has 2 N–H and O–H groups in total. The Balaban J connectivity index is 1.48. The minimum absolute atomic E-state index is 0.00855. The summed E-state index contributed by atoms with van der Waals surface area (Å²) in [5.41, 5.74) is 2.75. The Kier molecular flexibility index (Phi) is 7.40. The Bertz CT molecular complexity index is 1780. The summed E-state index contributed by atoms with van der Waals surface area (Å²) < 4.78 is 13.8. The molecule has 0 saturated heterocycles. The van der Waals surface area contributed by atoms with Crippen molar-refractivity contribution < 1.29 is 14.3 Å². The van der Waals surface area contributed by atoms with Crippen molar-refractivity contribution in [1.82, 2.24) is 19.3 Å². The van der Waals surface area contributed by atoms with Crippen LogP contribution < -0.4 is 25.8 Å². The van der Waals surface area contributed by atoms with Gasteiger partial charge in [-0.15, -0.1) is 0 Å². The Labute approximate surface area is 224 Å². The monoisotopic (exact) mass is 523 g/mol. The van der Waals surface area contributed by atoms with E-state index in [2.05, 4.69) is 5.32 Å². The van der Waals surface area contributed by atoms with Crippen LogP contribution in [0.4, 0.5) is 0 Å². The van der Waals surface area contributed by atoms with E-state index in [9.17, 15) is 9.59 Å². The highest BCUT2D eigenvalue weighted by Gasteiger charge is 2.17. The predicted molar refractivity (Wildman–Crippen MR) is 149 cm³/mol. The Morgan fingerprint density at radius 2 is 1.69 bits per heavy atom. The number of rotatable bonds is 9. The van der Waals surface area contributed by atoms with Crippen molar-refractivity contribution in [3.63, 3.8) is 0 Å². The molecule has 0 unspecified atom stereocenters. The molecule has 2 aromatic carbocycles. The lowest BCUT2D eigenvalue weighted by atomic mass is 10.1. The zero-order valence-corrected chi connectivity index (χ0v) is 21.8. The lowest BCUT2D eigenvalue weighted by Crippen LogP contribution is -2.36. The minimum Gasteiger partial charge on any atom is -0.493 e. The quantitative estimate of drug-likeness (QED) is 0.288. The topological polar surface area (TPSA) is 111 Å². The van der Waals surface area contributed by atoms with Gasteiger partial charge in [-0.1, -0.05) is 42.5 Å². The first-order valence-electron chi connectivity index (χ1n) is 12.6. The summed E-state index contributed by atoms with van der Waals surface area (Å²) >= 11 is 0. The number of aromatic nitrogens is 3. The van der Waals surface area contributed by atoms with E-state index in [1.54, 1.807) is 37.1 Å². The summed E-state index contributed by atoms with van der Waals surface area (Å²) in [6.45, 7) is 0.728. The van der Waals surface area contributed by atoms with E-state index in [1.165, 1.54) is 10.5 Å². The minimum atomic E-state index is -0.423. The highest BCUT2D eigenvalue weighted by atomic mass is 16.5. The maximum Gasteiger partial charge on any atom is 0.267 e. The Morgan fingerprint density at radius 1 is 0.923 bits per heavy atom. The molecule has 0 fully saturated rings. The van der Waals surface area contributed by atoms with E-state index >= 15 is 0 Å². The third kappa shape index (κ3) is 5.24. The predicted octanol–water partition coefficient (Wildman–Crippen LogP) is 3.36. The number of carbonyl (C=O) groups excluding carboxylic acids is 1. The Hall–Kier alpha value is -4.92. The molecule has 0 aliphatic carbocycles. The van der Waals surface area contributed by atoms with E-state index in [0.717, 1.165) is 11.1 Å². The zero-order chi connectivity index (χ0) is 27.4. The van der Waals surface area contributed by atoms with Gasteiger partial charge in [0.1, 0.15) is 16.8 Å². The molecule has 0 bridgehead atoms. The van der Waals surface area contributed by atoms with Gasteiger partial charge in [-0.05, 0) is 54.3 Å². The van der Waals surface area contributed by atoms with Gasteiger partial charge in [0.2, 0.25) is 0 Å². The molecule has 3 aromatic heterocycles. The molecule has 0 saturated carbocycles. The maximum absolute atomic E-state index is 13.4. The highest BCUT2D eigenvalue weighted by molar-refractivity contribution is 5.96. The van der Waals surface area contributed by atoms with Crippen LogP contribution >= 0.6 is 0 Å². The number of fused-ring (bicyclic) bond motifs is 2. The second kappa shape index (κ2) is 11.2. The molecule has 3 heterocycles. The van der Waals surface area contributed by atoms with E-state index in [1.807, 2.05) is 54.6 Å². The summed E-state index contributed by atoms with van der Waals surface area (Å²) in [6, 6.07) is 22.3. The Morgan fingerprint density at radius 3 is 2.46 bits per heavy atom. The second-order valence-corrected chi connectivity index (χ2v) is 9.07. The number of nitrogens with zero attached hydrogens (tertiary/aromatic N) is 3. The second-order valence-electron chi connectivity index (χ2n) is 9.07. The van der Waals surface area contributed by atoms with Crippen molar-refractivity contribution in [1.29, 1.82) is 5.41 Å². The van der Waals surface area contributed by atoms with Gasteiger partial charge in [0.25, 0.3) is 11.5 Å². The van der Waals surface area contributed by atoms with Gasteiger partial charge in [0.15, 0.2) is 11.5 Å².